The first kappa shape index (κ1) is 9.66. The number of aromatic nitrogens is 2. The maximum absolute atomic E-state index is 8.44. The first-order valence-electron chi connectivity index (χ1n) is 4.98. The zero-order valence-corrected chi connectivity index (χ0v) is 8.35. The summed E-state index contributed by atoms with van der Waals surface area (Å²) in [6.07, 6.45) is 8.00. The predicted octanol–water partition coefficient (Wildman–Crippen LogP) is 1.85. The zero-order chi connectivity index (χ0) is 10.5. The van der Waals surface area contributed by atoms with Gasteiger partial charge in [0, 0.05) is 17.7 Å². The van der Waals surface area contributed by atoms with Crippen LogP contribution in [0.3, 0.4) is 0 Å². The quantitative estimate of drug-likeness (QED) is 0.597. The van der Waals surface area contributed by atoms with Crippen molar-refractivity contribution in [3.8, 4) is 6.07 Å². The molecule has 0 unspecified atom stereocenters. The molecular weight excluding hydrogens is 188 g/mol. The summed E-state index contributed by atoms with van der Waals surface area (Å²) in [6, 6.07) is 3.95. The lowest BCUT2D eigenvalue weighted by molar-refractivity contribution is 0.721. The van der Waals surface area contributed by atoms with Crippen molar-refractivity contribution >= 4 is 5.82 Å². The number of rotatable bonds is 3. The third-order valence-electron chi connectivity index (χ3n) is 2.46. The normalized spacial score (nSPS) is 15.1. The molecule has 0 bridgehead atoms. The molecule has 4 heteroatoms. The SMILES string of the molecule is N#CCNc1cc(C2CC=CC2)ncn1. The monoisotopic (exact) mass is 200 g/mol. The highest BCUT2D eigenvalue weighted by molar-refractivity contribution is 5.37. The van der Waals surface area contributed by atoms with Gasteiger partial charge in [0.1, 0.15) is 18.7 Å². The van der Waals surface area contributed by atoms with Crippen LogP contribution < -0.4 is 5.32 Å². The van der Waals surface area contributed by atoms with E-state index < -0.39 is 0 Å². The van der Waals surface area contributed by atoms with E-state index in [0.717, 1.165) is 24.4 Å². The van der Waals surface area contributed by atoms with Gasteiger partial charge in [-0.3, -0.25) is 0 Å². The second-order valence-electron chi connectivity index (χ2n) is 3.48. The summed E-state index contributed by atoms with van der Waals surface area (Å²) in [7, 11) is 0. The number of hydrogen-bond donors (Lipinski definition) is 1. The van der Waals surface area contributed by atoms with Gasteiger partial charge >= 0.3 is 0 Å². The number of nitrogens with zero attached hydrogens (tertiary/aromatic N) is 3. The molecule has 0 saturated heterocycles. The average Bonchev–Trinajstić information content (AvgIpc) is 2.80. The molecule has 15 heavy (non-hydrogen) atoms. The Hall–Kier alpha value is -1.89. The Kier molecular flexibility index (Phi) is 2.93. The minimum Gasteiger partial charge on any atom is -0.357 e. The van der Waals surface area contributed by atoms with E-state index in [0.29, 0.717) is 5.92 Å². The molecule has 2 rings (SSSR count). The lowest BCUT2D eigenvalue weighted by atomic mass is 10.0. The van der Waals surface area contributed by atoms with E-state index in [2.05, 4.69) is 27.4 Å². The number of anilines is 1. The molecule has 0 atom stereocenters. The van der Waals surface area contributed by atoms with Crippen LogP contribution in [0.5, 0.6) is 0 Å². The highest BCUT2D eigenvalue weighted by Crippen LogP contribution is 2.28. The van der Waals surface area contributed by atoms with Crippen LogP contribution in [0.1, 0.15) is 24.5 Å². The predicted molar refractivity (Wildman–Crippen MR) is 57.2 cm³/mol. The second kappa shape index (κ2) is 4.56. The van der Waals surface area contributed by atoms with Gasteiger partial charge in [-0.15, -0.1) is 0 Å². The Balaban J connectivity index is 2.08. The van der Waals surface area contributed by atoms with Gasteiger partial charge in [-0.05, 0) is 12.8 Å². The van der Waals surface area contributed by atoms with Crippen molar-refractivity contribution in [2.75, 3.05) is 11.9 Å². The molecule has 1 heterocycles. The molecule has 1 aromatic heterocycles. The molecule has 0 fully saturated rings. The highest BCUT2D eigenvalue weighted by Gasteiger charge is 2.14. The molecule has 76 valence electrons. The molecule has 0 amide bonds. The summed E-state index contributed by atoms with van der Waals surface area (Å²) in [4.78, 5) is 8.31. The van der Waals surface area contributed by atoms with Crippen molar-refractivity contribution in [3.05, 3.63) is 30.2 Å². The minimum absolute atomic E-state index is 0.277. The van der Waals surface area contributed by atoms with Crippen LogP contribution in [0.25, 0.3) is 0 Å². The lowest BCUT2D eigenvalue weighted by Gasteiger charge is -2.09. The first-order valence-corrected chi connectivity index (χ1v) is 4.98. The summed E-state index contributed by atoms with van der Waals surface area (Å²) in [5, 5.41) is 11.4. The highest BCUT2D eigenvalue weighted by atomic mass is 15.0. The maximum atomic E-state index is 8.44. The van der Waals surface area contributed by atoms with Crippen LogP contribution in [0.2, 0.25) is 0 Å². The fourth-order valence-corrected chi connectivity index (χ4v) is 1.68. The van der Waals surface area contributed by atoms with Crippen LogP contribution in [0.15, 0.2) is 24.5 Å². The Bertz CT molecular complexity index is 397. The molecule has 0 radical (unpaired) electrons. The smallest absolute Gasteiger partial charge is 0.130 e. The average molecular weight is 200 g/mol. The van der Waals surface area contributed by atoms with Crippen LogP contribution >= 0.6 is 0 Å². The molecule has 0 saturated carbocycles. The molecule has 1 aliphatic carbocycles. The second-order valence-corrected chi connectivity index (χ2v) is 3.48. The van der Waals surface area contributed by atoms with Gasteiger partial charge in [0.05, 0.1) is 6.07 Å². The molecule has 1 aliphatic rings. The number of allylic oxidation sites excluding steroid dienone is 2. The van der Waals surface area contributed by atoms with E-state index >= 15 is 0 Å². The van der Waals surface area contributed by atoms with E-state index in [1.165, 1.54) is 0 Å². The largest absolute Gasteiger partial charge is 0.357 e. The van der Waals surface area contributed by atoms with E-state index in [4.69, 9.17) is 5.26 Å². The third-order valence-corrected chi connectivity index (χ3v) is 2.46. The van der Waals surface area contributed by atoms with Gasteiger partial charge in [-0.1, -0.05) is 12.2 Å². The van der Waals surface area contributed by atoms with E-state index in [-0.39, 0.29) is 6.54 Å². The molecule has 0 spiro atoms. The van der Waals surface area contributed by atoms with E-state index in [1.54, 1.807) is 6.33 Å². The molecular formula is C11H12N4. The van der Waals surface area contributed by atoms with Crippen molar-refractivity contribution in [1.82, 2.24) is 9.97 Å². The lowest BCUT2D eigenvalue weighted by Crippen LogP contribution is -2.04. The Morgan fingerprint density at radius 2 is 2.20 bits per heavy atom. The molecule has 4 nitrogen and oxygen atoms in total. The third kappa shape index (κ3) is 2.32. The molecule has 1 aromatic rings. The van der Waals surface area contributed by atoms with Gasteiger partial charge in [-0.2, -0.15) is 5.26 Å². The van der Waals surface area contributed by atoms with Crippen LogP contribution in [0.4, 0.5) is 5.82 Å². The Morgan fingerprint density at radius 3 is 2.93 bits per heavy atom. The maximum Gasteiger partial charge on any atom is 0.130 e. The van der Waals surface area contributed by atoms with E-state index in [1.807, 2.05) is 12.1 Å². The topological polar surface area (TPSA) is 61.6 Å². The van der Waals surface area contributed by atoms with Crippen LogP contribution in [0, 0.1) is 11.3 Å². The van der Waals surface area contributed by atoms with Crippen LogP contribution in [-0.2, 0) is 0 Å². The molecule has 0 aliphatic heterocycles. The number of nitrogens with one attached hydrogen (secondary N) is 1. The van der Waals surface area contributed by atoms with Gasteiger partial charge in [-0.25, -0.2) is 9.97 Å². The summed E-state index contributed by atoms with van der Waals surface area (Å²) in [6.45, 7) is 0.277. The number of nitriles is 1. The van der Waals surface area contributed by atoms with Crippen molar-refractivity contribution in [1.29, 1.82) is 5.26 Å². The molecule has 0 aromatic carbocycles. The van der Waals surface area contributed by atoms with Gasteiger partial charge in [0.25, 0.3) is 0 Å². The summed E-state index contributed by atoms with van der Waals surface area (Å²) in [5.74, 6) is 1.21. The van der Waals surface area contributed by atoms with Crippen molar-refractivity contribution in [2.45, 2.75) is 18.8 Å². The fraction of sp³-hybridized carbons (Fsp3) is 0.364. The Morgan fingerprint density at radius 1 is 1.40 bits per heavy atom. The van der Waals surface area contributed by atoms with Crippen molar-refractivity contribution in [2.24, 2.45) is 0 Å². The summed E-state index contributed by atoms with van der Waals surface area (Å²) >= 11 is 0. The summed E-state index contributed by atoms with van der Waals surface area (Å²) < 4.78 is 0. The first-order chi connectivity index (χ1) is 7.40. The van der Waals surface area contributed by atoms with Crippen LogP contribution in [-0.4, -0.2) is 16.5 Å². The fourth-order valence-electron chi connectivity index (χ4n) is 1.68. The van der Waals surface area contributed by atoms with Crippen molar-refractivity contribution < 1.29 is 0 Å². The Labute approximate surface area is 88.7 Å². The number of hydrogen-bond acceptors (Lipinski definition) is 4. The van der Waals surface area contributed by atoms with Gasteiger partial charge in [0.15, 0.2) is 0 Å². The van der Waals surface area contributed by atoms with Gasteiger partial charge in [0.2, 0.25) is 0 Å². The standard InChI is InChI=1S/C11H12N4/c12-5-6-13-11-7-10(14-8-15-11)9-3-1-2-4-9/h1-2,7-9H,3-4,6H2,(H,13,14,15). The minimum atomic E-state index is 0.277. The van der Waals surface area contributed by atoms with Crippen molar-refractivity contribution in [3.63, 3.8) is 0 Å². The van der Waals surface area contributed by atoms with E-state index in [9.17, 15) is 0 Å². The summed E-state index contributed by atoms with van der Waals surface area (Å²) in [5.41, 5.74) is 1.05. The zero-order valence-electron chi connectivity index (χ0n) is 8.35. The molecule has 1 N–H and O–H groups in total. The van der Waals surface area contributed by atoms with Gasteiger partial charge < -0.3 is 5.32 Å².